The second kappa shape index (κ2) is 3.52. The zero-order valence-corrected chi connectivity index (χ0v) is 7.96. The van der Waals surface area contributed by atoms with Crippen molar-refractivity contribution in [2.24, 2.45) is 0 Å². The van der Waals surface area contributed by atoms with Gasteiger partial charge in [-0.05, 0) is 24.0 Å². The number of hydrogen-bond acceptors (Lipinski definition) is 0. The summed E-state index contributed by atoms with van der Waals surface area (Å²) in [4.78, 5) is 0. The molecule has 1 heteroatoms. The Morgan fingerprint density at radius 3 is 2.83 bits per heavy atom. The number of hydrogen-bond donors (Lipinski definition) is 0. The van der Waals surface area contributed by atoms with Crippen LogP contribution in [0.25, 0.3) is 6.08 Å². The molecule has 2 rings (SSSR count). The zero-order chi connectivity index (χ0) is 7.84. The maximum atomic E-state index is 2.28. The molecule has 1 aliphatic carbocycles. The summed E-state index contributed by atoms with van der Waals surface area (Å²) in [6.45, 7) is 4.38. The number of aryl methyl sites for hydroxylation is 1. The number of fused-ring (bicyclic) bond motifs is 1. The molecule has 12 heavy (non-hydrogen) atoms. The van der Waals surface area contributed by atoms with E-state index >= 15 is 0 Å². The fourth-order valence-electron chi connectivity index (χ4n) is 1.59. The van der Waals surface area contributed by atoms with Crippen molar-refractivity contribution in [3.63, 3.8) is 0 Å². The maximum absolute atomic E-state index is 2.28. The molecule has 0 spiro atoms. The summed E-state index contributed by atoms with van der Waals surface area (Å²) in [5.74, 6) is 0.616. The van der Waals surface area contributed by atoms with Gasteiger partial charge in [0.15, 0.2) is 0 Å². The molecule has 0 saturated carbocycles. The van der Waals surface area contributed by atoms with Gasteiger partial charge in [-0.3, -0.25) is 0 Å². The van der Waals surface area contributed by atoms with Crippen molar-refractivity contribution in [1.82, 2.24) is 0 Å². The molecule has 1 aromatic carbocycles. The van der Waals surface area contributed by atoms with Crippen molar-refractivity contribution in [1.29, 1.82) is 0 Å². The van der Waals surface area contributed by atoms with E-state index in [1.54, 1.807) is 0 Å². The van der Waals surface area contributed by atoms with Gasteiger partial charge in [-0.2, -0.15) is 0 Å². The molecular formula is C11H13Li. The largest absolute Gasteiger partial charge is 1.00 e. The topological polar surface area (TPSA) is 0 Å². The van der Waals surface area contributed by atoms with Crippen molar-refractivity contribution < 1.29 is 20.3 Å². The first kappa shape index (κ1) is 9.64. The Morgan fingerprint density at radius 1 is 1.33 bits per heavy atom. The zero-order valence-electron chi connectivity index (χ0n) is 8.96. The van der Waals surface area contributed by atoms with Crippen LogP contribution in [0.5, 0.6) is 0 Å². The van der Waals surface area contributed by atoms with Crippen LogP contribution in [0.1, 0.15) is 31.0 Å². The molecule has 1 aliphatic rings. The molecule has 0 bridgehead atoms. The third-order valence-electron chi connectivity index (χ3n) is 2.30. The molecule has 0 fully saturated rings. The fraction of sp³-hybridized carbons (Fsp3) is 0.273. The van der Waals surface area contributed by atoms with Gasteiger partial charge in [0.05, 0.1) is 0 Å². The minimum Gasteiger partial charge on any atom is -1.00 e. The maximum Gasteiger partial charge on any atom is 1.00 e. The normalized spacial score (nSPS) is 18.7. The summed E-state index contributed by atoms with van der Waals surface area (Å²) in [5, 5.41) is 0. The van der Waals surface area contributed by atoms with Crippen LogP contribution in [0.3, 0.4) is 0 Å². The molecule has 0 aromatic heterocycles. The first-order valence-corrected chi connectivity index (χ1v) is 4.06. The minimum absolute atomic E-state index is 0. The Bertz CT molecular complexity index is 318. The molecule has 0 amide bonds. The Hall–Kier alpha value is -0.443. The molecular weight excluding hydrogens is 139 g/mol. The molecule has 0 N–H and O–H groups in total. The summed E-state index contributed by atoms with van der Waals surface area (Å²) in [6.07, 6.45) is 4.46. The molecule has 58 valence electrons. The molecule has 0 heterocycles. The van der Waals surface area contributed by atoms with Gasteiger partial charge in [-0.15, -0.1) is 0 Å². The van der Waals surface area contributed by atoms with Crippen LogP contribution in [0.2, 0.25) is 0 Å². The molecule has 0 aliphatic heterocycles. The summed E-state index contributed by atoms with van der Waals surface area (Å²) in [7, 11) is 0. The summed E-state index contributed by atoms with van der Waals surface area (Å²) >= 11 is 0. The van der Waals surface area contributed by atoms with Crippen molar-refractivity contribution in [3.8, 4) is 0 Å². The first-order chi connectivity index (χ1) is 5.27. The van der Waals surface area contributed by atoms with E-state index in [9.17, 15) is 0 Å². The van der Waals surface area contributed by atoms with E-state index in [2.05, 4.69) is 44.2 Å². The Labute approximate surface area is 87.3 Å². The Kier molecular flexibility index (Phi) is 2.83. The average molecular weight is 152 g/mol. The Morgan fingerprint density at radius 2 is 2.08 bits per heavy atom. The van der Waals surface area contributed by atoms with E-state index in [0.717, 1.165) is 0 Å². The van der Waals surface area contributed by atoms with E-state index in [1.165, 1.54) is 16.7 Å². The van der Waals surface area contributed by atoms with Crippen LogP contribution in [-0.2, 0) is 0 Å². The van der Waals surface area contributed by atoms with Crippen LogP contribution in [0.15, 0.2) is 24.3 Å². The molecule has 0 saturated heterocycles. The van der Waals surface area contributed by atoms with Gasteiger partial charge < -0.3 is 1.43 Å². The minimum atomic E-state index is 0. The number of allylic oxidation sites excluding steroid dienone is 1. The number of rotatable bonds is 0. The predicted octanol–water partition coefficient (Wildman–Crippen LogP) is 0.242. The third-order valence-corrected chi connectivity index (χ3v) is 2.30. The quantitative estimate of drug-likeness (QED) is 0.467. The van der Waals surface area contributed by atoms with Gasteiger partial charge in [-0.25, -0.2) is 0 Å². The predicted molar refractivity (Wildman–Crippen MR) is 49.7 cm³/mol. The van der Waals surface area contributed by atoms with Crippen LogP contribution < -0.4 is 18.9 Å². The van der Waals surface area contributed by atoms with Gasteiger partial charge in [0.25, 0.3) is 0 Å². The second-order valence-corrected chi connectivity index (χ2v) is 3.28. The monoisotopic (exact) mass is 152 g/mol. The van der Waals surface area contributed by atoms with E-state index in [0.29, 0.717) is 5.92 Å². The van der Waals surface area contributed by atoms with Gasteiger partial charge in [-0.1, -0.05) is 42.8 Å². The molecule has 0 radical (unpaired) electrons. The smallest absolute Gasteiger partial charge is 1.00 e. The van der Waals surface area contributed by atoms with Crippen LogP contribution in [-0.4, -0.2) is 0 Å². The molecule has 0 nitrogen and oxygen atoms in total. The molecule has 1 aromatic rings. The first-order valence-electron chi connectivity index (χ1n) is 4.06. The van der Waals surface area contributed by atoms with Crippen LogP contribution >= 0.6 is 0 Å². The SMILES string of the molecule is Cc1ccc2c(c1)C(C)C=C2.[H-].[Li+]. The van der Waals surface area contributed by atoms with Crippen molar-refractivity contribution >= 4 is 6.08 Å². The van der Waals surface area contributed by atoms with E-state index in [1.807, 2.05) is 0 Å². The van der Waals surface area contributed by atoms with E-state index < -0.39 is 0 Å². The van der Waals surface area contributed by atoms with Gasteiger partial charge >= 0.3 is 18.9 Å². The summed E-state index contributed by atoms with van der Waals surface area (Å²) < 4.78 is 0. The fourth-order valence-corrected chi connectivity index (χ4v) is 1.59. The second-order valence-electron chi connectivity index (χ2n) is 3.28. The van der Waals surface area contributed by atoms with E-state index in [-0.39, 0.29) is 20.3 Å². The third kappa shape index (κ3) is 1.51. The average Bonchev–Trinajstić information content (AvgIpc) is 2.33. The van der Waals surface area contributed by atoms with Crippen molar-refractivity contribution in [3.05, 3.63) is 41.0 Å². The Balaban J connectivity index is 0.000000720. The summed E-state index contributed by atoms with van der Waals surface area (Å²) in [5.41, 5.74) is 4.23. The van der Waals surface area contributed by atoms with Gasteiger partial charge in [0.1, 0.15) is 0 Å². The van der Waals surface area contributed by atoms with Crippen molar-refractivity contribution in [2.45, 2.75) is 19.8 Å². The summed E-state index contributed by atoms with van der Waals surface area (Å²) in [6, 6.07) is 6.64. The van der Waals surface area contributed by atoms with Gasteiger partial charge in [0, 0.05) is 0 Å². The molecule has 1 unspecified atom stereocenters. The van der Waals surface area contributed by atoms with Crippen LogP contribution in [0, 0.1) is 6.92 Å². The van der Waals surface area contributed by atoms with E-state index in [4.69, 9.17) is 0 Å². The number of benzene rings is 1. The van der Waals surface area contributed by atoms with Crippen LogP contribution in [0.4, 0.5) is 0 Å². The molecule has 1 atom stereocenters. The standard InChI is InChI=1S/C11H12.Li.H/c1-8-3-5-10-6-4-9(2)11(10)7-8;;/h3-7,9H,1-2H3;;/q;+1;-1. The van der Waals surface area contributed by atoms with Gasteiger partial charge in [0.2, 0.25) is 0 Å². The van der Waals surface area contributed by atoms with Crippen molar-refractivity contribution in [2.75, 3.05) is 0 Å².